The number of carbonyl (C=O) groups is 1. The van der Waals surface area contributed by atoms with Crippen molar-refractivity contribution in [3.63, 3.8) is 0 Å². The Morgan fingerprint density at radius 1 is 0.900 bits per heavy atom. The van der Waals surface area contributed by atoms with Gasteiger partial charge in [0.25, 0.3) is 0 Å². The maximum absolute atomic E-state index is 12.3. The average molecular weight is 406 g/mol. The van der Waals surface area contributed by atoms with Crippen LogP contribution in [0.15, 0.2) is 72.8 Å². The summed E-state index contributed by atoms with van der Waals surface area (Å²) >= 11 is 0. The molecule has 0 aliphatic heterocycles. The molecule has 1 unspecified atom stereocenters. The minimum absolute atomic E-state index is 0.0463. The molecule has 30 heavy (non-hydrogen) atoms. The number of hydrogen-bond acceptors (Lipinski definition) is 4. The first-order chi connectivity index (χ1) is 14.4. The van der Waals surface area contributed by atoms with Crippen molar-refractivity contribution in [2.75, 3.05) is 26.1 Å². The minimum Gasteiger partial charge on any atom is -0.497 e. The molecule has 3 aromatic rings. The van der Waals surface area contributed by atoms with Crippen molar-refractivity contribution in [2.45, 2.75) is 12.5 Å². The van der Waals surface area contributed by atoms with Gasteiger partial charge in [-0.15, -0.1) is 0 Å². The van der Waals surface area contributed by atoms with E-state index in [0.717, 1.165) is 11.1 Å². The zero-order valence-corrected chi connectivity index (χ0v) is 17.3. The van der Waals surface area contributed by atoms with Gasteiger partial charge in [0.1, 0.15) is 17.1 Å². The fourth-order valence-electron chi connectivity index (χ4n) is 3.06. The molecule has 3 N–H and O–H groups in total. The van der Waals surface area contributed by atoms with Crippen LogP contribution in [0.4, 0.5) is 10.5 Å². The number of aliphatic hydroxyl groups is 1. The van der Waals surface area contributed by atoms with Crippen LogP contribution in [0.5, 0.6) is 11.5 Å². The van der Waals surface area contributed by atoms with Gasteiger partial charge in [0.2, 0.25) is 0 Å². The van der Waals surface area contributed by atoms with Gasteiger partial charge in [-0.25, -0.2) is 4.79 Å². The monoisotopic (exact) mass is 406 g/mol. The van der Waals surface area contributed by atoms with Gasteiger partial charge < -0.3 is 25.2 Å². The first-order valence-electron chi connectivity index (χ1n) is 9.57. The van der Waals surface area contributed by atoms with Crippen LogP contribution in [-0.4, -0.2) is 31.9 Å². The van der Waals surface area contributed by atoms with Crippen molar-refractivity contribution in [1.29, 1.82) is 0 Å². The van der Waals surface area contributed by atoms with E-state index in [0.29, 0.717) is 22.7 Å². The van der Waals surface area contributed by atoms with E-state index in [4.69, 9.17) is 9.47 Å². The van der Waals surface area contributed by atoms with Crippen LogP contribution in [0.2, 0.25) is 0 Å². The summed E-state index contributed by atoms with van der Waals surface area (Å²) in [5.41, 5.74) is 2.18. The molecule has 0 aliphatic rings. The fraction of sp³-hybridized carbons (Fsp3) is 0.208. The zero-order valence-electron chi connectivity index (χ0n) is 17.3. The molecule has 0 heterocycles. The Labute approximate surface area is 176 Å². The van der Waals surface area contributed by atoms with E-state index >= 15 is 0 Å². The molecule has 156 valence electrons. The van der Waals surface area contributed by atoms with Crippen molar-refractivity contribution < 1.29 is 19.4 Å². The number of ether oxygens (including phenoxy) is 2. The van der Waals surface area contributed by atoms with Gasteiger partial charge in [-0.05, 0) is 23.6 Å². The van der Waals surface area contributed by atoms with E-state index in [1.165, 1.54) is 0 Å². The quantitative estimate of drug-likeness (QED) is 0.543. The Morgan fingerprint density at radius 2 is 1.47 bits per heavy atom. The molecule has 6 heteroatoms. The molecule has 0 saturated heterocycles. The lowest BCUT2D eigenvalue weighted by Gasteiger charge is -2.24. The smallest absolute Gasteiger partial charge is 0.319 e. The molecular weight excluding hydrogens is 380 g/mol. The van der Waals surface area contributed by atoms with Crippen molar-refractivity contribution in [2.24, 2.45) is 0 Å². The van der Waals surface area contributed by atoms with Gasteiger partial charge in [-0.1, -0.05) is 54.6 Å². The minimum atomic E-state index is -1.22. The number of carbonyl (C=O) groups excluding carboxylic acids is 1. The van der Waals surface area contributed by atoms with E-state index in [-0.39, 0.29) is 6.54 Å². The van der Waals surface area contributed by atoms with Crippen LogP contribution in [0, 0.1) is 0 Å². The molecule has 3 rings (SSSR count). The summed E-state index contributed by atoms with van der Waals surface area (Å²) < 4.78 is 10.4. The normalized spacial score (nSPS) is 12.5. The molecule has 1 atom stereocenters. The lowest BCUT2D eigenvalue weighted by atomic mass is 9.94. The molecule has 6 nitrogen and oxygen atoms in total. The maximum Gasteiger partial charge on any atom is 0.319 e. The average Bonchev–Trinajstić information content (AvgIpc) is 2.78. The van der Waals surface area contributed by atoms with Gasteiger partial charge in [0.15, 0.2) is 0 Å². The summed E-state index contributed by atoms with van der Waals surface area (Å²) in [5.74, 6) is 1.13. The molecule has 3 aromatic carbocycles. The first kappa shape index (κ1) is 21.2. The van der Waals surface area contributed by atoms with Crippen molar-refractivity contribution in [1.82, 2.24) is 5.32 Å². The van der Waals surface area contributed by atoms with Crippen molar-refractivity contribution in [3.8, 4) is 22.6 Å². The van der Waals surface area contributed by atoms with E-state index in [1.54, 1.807) is 39.3 Å². The number of methoxy groups -OCH3 is 2. The molecule has 0 radical (unpaired) electrons. The first-order valence-corrected chi connectivity index (χ1v) is 9.57. The van der Waals surface area contributed by atoms with Gasteiger partial charge in [0, 0.05) is 23.9 Å². The molecule has 0 fully saturated rings. The van der Waals surface area contributed by atoms with Gasteiger partial charge in [-0.3, -0.25) is 0 Å². The summed E-state index contributed by atoms with van der Waals surface area (Å²) in [4.78, 5) is 12.3. The number of nitrogens with one attached hydrogen (secondary N) is 2. The highest BCUT2D eigenvalue weighted by Crippen LogP contribution is 2.26. The van der Waals surface area contributed by atoms with Gasteiger partial charge in [-0.2, -0.15) is 0 Å². The zero-order chi connectivity index (χ0) is 21.6. The van der Waals surface area contributed by atoms with E-state index in [1.807, 2.05) is 54.6 Å². The second kappa shape index (κ2) is 9.33. The lowest BCUT2D eigenvalue weighted by Crippen LogP contribution is -2.40. The van der Waals surface area contributed by atoms with E-state index in [2.05, 4.69) is 10.6 Å². The van der Waals surface area contributed by atoms with Crippen molar-refractivity contribution >= 4 is 11.7 Å². The van der Waals surface area contributed by atoms with Crippen LogP contribution < -0.4 is 20.1 Å². The lowest BCUT2D eigenvalue weighted by molar-refractivity contribution is 0.0600. The van der Waals surface area contributed by atoms with Crippen LogP contribution in [0.3, 0.4) is 0 Å². The molecule has 0 aromatic heterocycles. The van der Waals surface area contributed by atoms with Gasteiger partial charge in [0.05, 0.1) is 20.8 Å². The number of anilines is 1. The van der Waals surface area contributed by atoms with Crippen molar-refractivity contribution in [3.05, 3.63) is 78.4 Å². The molecular formula is C24H26N2O4. The second-order valence-corrected chi connectivity index (χ2v) is 7.13. The standard InChI is InChI=1S/C24H26N2O4/c1-24(28,19-11-9-18(10-12-19)17-7-5-4-6-8-17)16-25-23(27)26-20-13-21(29-2)15-22(14-20)30-3/h4-15,28H,16H2,1-3H3,(H2,25,26,27). The summed E-state index contributed by atoms with van der Waals surface area (Å²) in [6.45, 7) is 1.71. The largest absolute Gasteiger partial charge is 0.497 e. The number of benzene rings is 3. The Bertz CT molecular complexity index is 964. The second-order valence-electron chi connectivity index (χ2n) is 7.13. The molecule has 0 spiro atoms. The number of rotatable bonds is 7. The number of urea groups is 1. The van der Waals surface area contributed by atoms with E-state index in [9.17, 15) is 9.90 Å². The maximum atomic E-state index is 12.3. The highest BCUT2D eigenvalue weighted by Gasteiger charge is 2.24. The fourth-order valence-corrected chi connectivity index (χ4v) is 3.06. The van der Waals surface area contributed by atoms with Gasteiger partial charge >= 0.3 is 6.03 Å². The Balaban J connectivity index is 1.62. The third-order valence-corrected chi connectivity index (χ3v) is 4.82. The summed E-state index contributed by atoms with van der Waals surface area (Å²) in [7, 11) is 3.08. The van der Waals surface area contributed by atoms with Crippen LogP contribution >= 0.6 is 0 Å². The highest BCUT2D eigenvalue weighted by molar-refractivity contribution is 5.89. The van der Waals surface area contributed by atoms with E-state index < -0.39 is 11.6 Å². The molecule has 0 aliphatic carbocycles. The summed E-state index contributed by atoms with van der Waals surface area (Å²) in [5, 5.41) is 16.3. The Hall–Kier alpha value is -3.51. The summed E-state index contributed by atoms with van der Waals surface area (Å²) in [6, 6.07) is 22.3. The summed E-state index contributed by atoms with van der Waals surface area (Å²) in [6.07, 6.45) is 0. The number of hydrogen-bond donors (Lipinski definition) is 3. The predicted molar refractivity (Wildman–Crippen MR) is 118 cm³/mol. The van der Waals surface area contributed by atoms with Crippen LogP contribution in [0.1, 0.15) is 12.5 Å². The molecule has 0 saturated carbocycles. The third kappa shape index (κ3) is 5.30. The molecule has 2 amide bonds. The predicted octanol–water partition coefficient (Wildman–Crippen LogP) is 4.40. The molecule has 0 bridgehead atoms. The Morgan fingerprint density at radius 3 is 2.03 bits per heavy atom. The topological polar surface area (TPSA) is 79.8 Å². The van der Waals surface area contributed by atoms with Crippen LogP contribution in [-0.2, 0) is 5.60 Å². The van der Waals surface area contributed by atoms with Crippen LogP contribution in [0.25, 0.3) is 11.1 Å². The highest BCUT2D eigenvalue weighted by atomic mass is 16.5. The third-order valence-electron chi connectivity index (χ3n) is 4.82. The Kier molecular flexibility index (Phi) is 6.59. The number of amides is 2. The SMILES string of the molecule is COc1cc(NC(=O)NCC(C)(O)c2ccc(-c3ccccc3)cc2)cc(OC)c1.